The first kappa shape index (κ1) is 22.7. The summed E-state index contributed by atoms with van der Waals surface area (Å²) in [6.07, 6.45) is -7.28. The lowest BCUT2D eigenvalue weighted by Crippen LogP contribution is -2.52. The number of allylic oxidation sites excluding steroid dienone is 1. The van der Waals surface area contributed by atoms with Crippen LogP contribution in [0.15, 0.2) is 47.7 Å². The molecule has 0 saturated heterocycles. The third-order valence-corrected chi connectivity index (χ3v) is 4.50. The third kappa shape index (κ3) is 5.19. The zero-order valence-electron chi connectivity index (χ0n) is 16.3. The van der Waals surface area contributed by atoms with Crippen molar-refractivity contribution < 1.29 is 36.2 Å². The van der Waals surface area contributed by atoms with Crippen molar-refractivity contribution >= 4 is 11.9 Å². The second-order valence-corrected chi connectivity index (χ2v) is 6.88. The zero-order valence-corrected chi connectivity index (χ0v) is 16.3. The largest absolute Gasteiger partial charge is 0.573 e. The van der Waals surface area contributed by atoms with Gasteiger partial charge in [0.05, 0.1) is 12.3 Å². The van der Waals surface area contributed by atoms with Gasteiger partial charge >= 0.3 is 12.5 Å². The summed E-state index contributed by atoms with van der Waals surface area (Å²) in [5.41, 5.74) is 0.548. The predicted octanol–water partition coefficient (Wildman–Crippen LogP) is 4.06. The molecule has 0 amide bonds. The Kier molecular flexibility index (Phi) is 6.03. The summed E-state index contributed by atoms with van der Waals surface area (Å²) in [5.74, 6) is -0.514. The molecule has 1 aromatic heterocycles. The van der Waals surface area contributed by atoms with E-state index < -0.39 is 36.6 Å². The minimum Gasteiger partial charge on any atom is -0.406 e. The van der Waals surface area contributed by atoms with Crippen molar-refractivity contribution in [2.75, 3.05) is 0 Å². The lowest BCUT2D eigenvalue weighted by atomic mass is 10.0. The van der Waals surface area contributed by atoms with Crippen LogP contribution in [-0.2, 0) is 7.05 Å². The molecule has 1 N–H and O–H groups in total. The first-order valence-corrected chi connectivity index (χ1v) is 8.98. The number of aromatic nitrogens is 2. The Morgan fingerprint density at radius 1 is 1.10 bits per heavy atom. The predicted molar refractivity (Wildman–Crippen MR) is 98.9 cm³/mol. The molecule has 31 heavy (non-hydrogen) atoms. The highest BCUT2D eigenvalue weighted by Gasteiger charge is 2.50. The number of nitrogens with zero attached hydrogens (tertiary/aromatic N) is 4. The Morgan fingerprint density at radius 3 is 2.23 bits per heavy atom. The molecule has 1 aliphatic heterocycles. The number of alkyl halides is 6. The molecule has 3 unspecified atom stereocenters. The van der Waals surface area contributed by atoms with Crippen molar-refractivity contribution in [3.05, 3.63) is 53.9 Å². The number of hydrogen-bond acceptors (Lipinski definition) is 5. The molecule has 3 atom stereocenters. The van der Waals surface area contributed by atoms with Crippen molar-refractivity contribution in [2.45, 2.75) is 37.8 Å². The van der Waals surface area contributed by atoms with E-state index in [0.29, 0.717) is 5.56 Å². The van der Waals surface area contributed by atoms with Gasteiger partial charge in [0.25, 0.3) is 0 Å². The highest BCUT2D eigenvalue weighted by Crippen LogP contribution is 2.41. The number of aliphatic imine (C=N–C) groups is 1. The van der Waals surface area contributed by atoms with Gasteiger partial charge in [0.2, 0.25) is 0 Å². The van der Waals surface area contributed by atoms with Crippen molar-refractivity contribution in [1.82, 2.24) is 14.7 Å². The number of benzene rings is 1. The summed E-state index contributed by atoms with van der Waals surface area (Å²) in [6, 6.07) is 2.06. The second kappa shape index (κ2) is 8.25. The van der Waals surface area contributed by atoms with Gasteiger partial charge in [0, 0.05) is 30.7 Å². The van der Waals surface area contributed by atoms with Gasteiger partial charge in [-0.2, -0.15) is 18.3 Å². The van der Waals surface area contributed by atoms with Crippen molar-refractivity contribution in [1.29, 1.82) is 0 Å². The molecular formula is C19H18F6N4O2. The molecule has 1 aliphatic rings. The molecular weight excluding hydrogens is 430 g/mol. The molecule has 0 fully saturated rings. The summed E-state index contributed by atoms with van der Waals surface area (Å²) in [5, 5.41) is 14.0. The maximum absolute atomic E-state index is 13.9. The topological polar surface area (TPSA) is 62.9 Å². The molecule has 168 valence electrons. The fourth-order valence-corrected chi connectivity index (χ4v) is 3.34. The number of ether oxygens (including phenoxy) is 1. The smallest absolute Gasteiger partial charge is 0.406 e. The van der Waals surface area contributed by atoms with Crippen LogP contribution in [-0.4, -0.2) is 50.7 Å². The van der Waals surface area contributed by atoms with Gasteiger partial charge in [-0.3, -0.25) is 9.67 Å². The summed E-state index contributed by atoms with van der Waals surface area (Å²) in [7, 11) is 1.59. The van der Waals surface area contributed by atoms with Gasteiger partial charge in [-0.1, -0.05) is 0 Å². The molecule has 3 rings (SSSR count). The standard InChI is InChI=1S/C19H18F6N4O2/c1-11(30)16(18(20,21)22)29-15(7-8-26-17(29)13-9-27-28(2)10-13)12-3-5-14(6-4-12)31-19(23,24)25/h3-11,16-17,30H,1-2H3. The Balaban J connectivity index is 2.06. The summed E-state index contributed by atoms with van der Waals surface area (Å²) in [6.45, 7) is 1.01. The molecule has 0 bridgehead atoms. The van der Waals surface area contributed by atoms with Gasteiger partial charge in [-0.05, 0) is 42.8 Å². The van der Waals surface area contributed by atoms with Crippen LogP contribution in [0.3, 0.4) is 0 Å². The molecule has 2 heterocycles. The average molecular weight is 448 g/mol. The van der Waals surface area contributed by atoms with Crippen LogP contribution in [0.4, 0.5) is 26.3 Å². The SMILES string of the molecule is CC(O)C(N1C(c2ccc(OC(F)(F)F)cc2)=CC=NC1c1cnn(C)c1)C(F)(F)F. The van der Waals surface area contributed by atoms with Crippen molar-refractivity contribution in [3.8, 4) is 5.75 Å². The van der Waals surface area contributed by atoms with Gasteiger partial charge in [0.15, 0.2) is 12.2 Å². The first-order chi connectivity index (χ1) is 14.4. The van der Waals surface area contributed by atoms with Crippen molar-refractivity contribution in [2.24, 2.45) is 12.0 Å². The van der Waals surface area contributed by atoms with E-state index in [-0.39, 0.29) is 11.3 Å². The Hall–Kier alpha value is -3.02. The average Bonchev–Trinajstić information content (AvgIpc) is 3.06. The summed E-state index contributed by atoms with van der Waals surface area (Å²) in [4.78, 5) is 5.03. The Morgan fingerprint density at radius 2 is 1.74 bits per heavy atom. The van der Waals surface area contributed by atoms with Crippen LogP contribution >= 0.6 is 0 Å². The highest BCUT2D eigenvalue weighted by atomic mass is 19.4. The van der Waals surface area contributed by atoms with E-state index in [9.17, 15) is 31.4 Å². The van der Waals surface area contributed by atoms with Crippen LogP contribution in [0.25, 0.3) is 5.70 Å². The minimum atomic E-state index is -4.90. The molecule has 2 aromatic rings. The normalized spacial score (nSPS) is 19.2. The molecule has 0 radical (unpaired) electrons. The van der Waals surface area contributed by atoms with E-state index >= 15 is 0 Å². The Bertz CT molecular complexity index is 963. The van der Waals surface area contributed by atoms with E-state index in [1.807, 2.05) is 0 Å². The van der Waals surface area contributed by atoms with Crippen LogP contribution in [0, 0.1) is 0 Å². The quantitative estimate of drug-likeness (QED) is 0.701. The molecule has 12 heteroatoms. The lowest BCUT2D eigenvalue weighted by Gasteiger charge is -2.42. The van der Waals surface area contributed by atoms with Crippen LogP contribution in [0.2, 0.25) is 0 Å². The van der Waals surface area contributed by atoms with E-state index in [0.717, 1.165) is 24.0 Å². The van der Waals surface area contributed by atoms with Crippen LogP contribution in [0.5, 0.6) is 5.75 Å². The maximum atomic E-state index is 13.9. The number of rotatable bonds is 5. The van der Waals surface area contributed by atoms with E-state index in [1.54, 1.807) is 7.05 Å². The van der Waals surface area contributed by atoms with Gasteiger partial charge < -0.3 is 14.7 Å². The number of aliphatic hydroxyl groups is 1. The summed E-state index contributed by atoms with van der Waals surface area (Å²) < 4.78 is 84.3. The third-order valence-electron chi connectivity index (χ3n) is 4.50. The van der Waals surface area contributed by atoms with Crippen molar-refractivity contribution in [3.63, 3.8) is 0 Å². The second-order valence-electron chi connectivity index (χ2n) is 6.88. The number of aliphatic hydroxyl groups excluding tert-OH is 1. The van der Waals surface area contributed by atoms with E-state index in [1.165, 1.54) is 41.5 Å². The van der Waals surface area contributed by atoms with Gasteiger partial charge in [-0.25, -0.2) is 0 Å². The fraction of sp³-hybridized carbons (Fsp3) is 0.368. The minimum absolute atomic E-state index is 0.0191. The Labute approximate surface area is 173 Å². The maximum Gasteiger partial charge on any atom is 0.573 e. The molecule has 0 aliphatic carbocycles. The fourth-order valence-electron chi connectivity index (χ4n) is 3.34. The zero-order chi connectivity index (χ0) is 23.0. The number of aryl methyl sites for hydroxylation is 1. The van der Waals surface area contributed by atoms with E-state index in [4.69, 9.17) is 0 Å². The summed E-state index contributed by atoms with van der Waals surface area (Å²) >= 11 is 0. The number of halogens is 6. The molecule has 1 aromatic carbocycles. The molecule has 0 saturated carbocycles. The van der Waals surface area contributed by atoms with Gasteiger partial charge in [0.1, 0.15) is 5.75 Å². The lowest BCUT2D eigenvalue weighted by molar-refractivity contribution is -0.274. The van der Waals surface area contributed by atoms with E-state index in [2.05, 4.69) is 14.8 Å². The van der Waals surface area contributed by atoms with Crippen LogP contribution < -0.4 is 4.74 Å². The highest BCUT2D eigenvalue weighted by molar-refractivity contribution is 5.86. The molecule has 0 spiro atoms. The molecule has 6 nitrogen and oxygen atoms in total. The van der Waals surface area contributed by atoms with Crippen LogP contribution in [0.1, 0.15) is 24.2 Å². The number of hydrogen-bond donors (Lipinski definition) is 1. The monoisotopic (exact) mass is 448 g/mol. The first-order valence-electron chi connectivity index (χ1n) is 8.98. The van der Waals surface area contributed by atoms with Gasteiger partial charge in [-0.15, -0.1) is 13.2 Å².